The number of epoxide rings is 1. The third-order valence-corrected chi connectivity index (χ3v) is 7.03. The summed E-state index contributed by atoms with van der Waals surface area (Å²) in [4.78, 5) is 11.8. The molecule has 1 aliphatic heterocycles. The Bertz CT molecular complexity index is 619. The summed E-state index contributed by atoms with van der Waals surface area (Å²) in [6, 6.07) is 0. The summed E-state index contributed by atoms with van der Waals surface area (Å²) < 4.78 is 6.15. The van der Waals surface area contributed by atoms with Gasteiger partial charge >= 0.3 is 0 Å². The number of hydrogen-bond acceptors (Lipinski definition) is 4. The highest BCUT2D eigenvalue weighted by atomic mass is 16.6. The average Bonchev–Trinajstić information content (AvgIpc) is 3.21. The molecule has 8 atom stereocenters. The molecule has 1 spiro atoms. The highest BCUT2D eigenvalue weighted by molar-refractivity contribution is 5.75. The van der Waals surface area contributed by atoms with Crippen molar-refractivity contribution in [2.75, 3.05) is 0 Å². The fourth-order valence-corrected chi connectivity index (χ4v) is 5.78. The molecule has 0 amide bonds. The largest absolute Gasteiger partial charge is 0.392 e. The van der Waals surface area contributed by atoms with Crippen molar-refractivity contribution in [3.8, 4) is 0 Å². The molecule has 2 N–H and O–H groups in total. The maximum Gasteiger partial charge on any atom is 0.146 e. The summed E-state index contributed by atoms with van der Waals surface area (Å²) >= 11 is 0. The Morgan fingerprint density at radius 3 is 2.79 bits per heavy atom. The van der Waals surface area contributed by atoms with Crippen molar-refractivity contribution in [1.29, 1.82) is 0 Å². The molecule has 3 fully saturated rings. The SMILES string of the molecule is CC(C)=C[C@@H]1C=C(C=O)[C@H]2CC[C@@]3(C)C[C@@]4(O[C@@H]4C[C@H]3O)[C@@H]2[C@H]1O. The molecule has 24 heavy (non-hydrogen) atoms. The molecule has 132 valence electrons. The molecule has 0 aromatic heterocycles. The zero-order chi connectivity index (χ0) is 17.3. The number of carbonyl (C=O) groups excluding carboxylic acids is 1. The standard InChI is InChI=1S/C20H28O4/c1-11(2)6-12-7-13(9-21)14-4-5-19(3)10-20(17(14)18(12)23)16(24-20)8-15(19)22/h6-7,9,12,14-18,22-23H,4-5,8,10H2,1-3H3/t12-,14-,15-,16-,17+,18+,19+,20+/m1/s1. The van der Waals surface area contributed by atoms with Crippen LogP contribution in [0.5, 0.6) is 0 Å². The van der Waals surface area contributed by atoms with Gasteiger partial charge in [-0.05, 0) is 50.0 Å². The highest BCUT2D eigenvalue weighted by Gasteiger charge is 2.72. The van der Waals surface area contributed by atoms with Crippen LogP contribution in [-0.4, -0.2) is 40.4 Å². The van der Waals surface area contributed by atoms with E-state index in [2.05, 4.69) is 13.0 Å². The van der Waals surface area contributed by atoms with E-state index in [9.17, 15) is 15.0 Å². The Balaban J connectivity index is 1.78. The first-order chi connectivity index (χ1) is 11.3. The molecular weight excluding hydrogens is 304 g/mol. The van der Waals surface area contributed by atoms with Crippen LogP contribution in [0.1, 0.15) is 46.5 Å². The van der Waals surface area contributed by atoms with E-state index in [0.29, 0.717) is 6.42 Å². The molecule has 1 saturated heterocycles. The average molecular weight is 332 g/mol. The molecule has 4 heteroatoms. The van der Waals surface area contributed by atoms with Crippen molar-refractivity contribution >= 4 is 6.29 Å². The van der Waals surface area contributed by atoms with Crippen LogP contribution in [-0.2, 0) is 9.53 Å². The number of aliphatic hydroxyl groups is 2. The van der Waals surface area contributed by atoms with Crippen LogP contribution in [0.4, 0.5) is 0 Å². The van der Waals surface area contributed by atoms with Crippen molar-refractivity contribution < 1.29 is 19.7 Å². The van der Waals surface area contributed by atoms with Crippen molar-refractivity contribution in [3.63, 3.8) is 0 Å². The molecule has 2 saturated carbocycles. The molecule has 3 aliphatic carbocycles. The van der Waals surface area contributed by atoms with Crippen LogP contribution in [0, 0.1) is 23.2 Å². The lowest BCUT2D eigenvalue weighted by molar-refractivity contribution is -0.106. The predicted molar refractivity (Wildman–Crippen MR) is 90.2 cm³/mol. The van der Waals surface area contributed by atoms with Gasteiger partial charge in [-0.3, -0.25) is 4.79 Å². The first-order valence-corrected chi connectivity index (χ1v) is 9.16. The van der Waals surface area contributed by atoms with Crippen molar-refractivity contribution in [2.45, 2.75) is 70.4 Å². The second-order valence-electron chi connectivity index (χ2n) is 8.91. The molecular formula is C20H28O4. The maximum absolute atomic E-state index is 11.8. The van der Waals surface area contributed by atoms with Crippen molar-refractivity contribution in [3.05, 3.63) is 23.3 Å². The minimum Gasteiger partial charge on any atom is -0.392 e. The molecule has 1 heterocycles. The second-order valence-corrected chi connectivity index (χ2v) is 8.91. The molecule has 2 bridgehead atoms. The normalized spacial score (nSPS) is 52.3. The van der Waals surface area contributed by atoms with Gasteiger partial charge in [-0.15, -0.1) is 0 Å². The number of carbonyl (C=O) groups is 1. The lowest BCUT2D eigenvalue weighted by atomic mass is 9.61. The predicted octanol–water partition coefficient (Wildman–Crippen LogP) is 2.39. The quantitative estimate of drug-likeness (QED) is 0.463. The zero-order valence-electron chi connectivity index (χ0n) is 14.7. The third-order valence-electron chi connectivity index (χ3n) is 7.03. The summed E-state index contributed by atoms with van der Waals surface area (Å²) in [6.45, 7) is 6.17. The number of hydrogen-bond donors (Lipinski definition) is 2. The van der Waals surface area contributed by atoms with Crippen LogP contribution < -0.4 is 0 Å². The number of fused-ring (bicyclic) bond motifs is 2. The molecule has 4 nitrogen and oxygen atoms in total. The first-order valence-electron chi connectivity index (χ1n) is 9.16. The fraction of sp³-hybridized carbons (Fsp3) is 0.750. The molecule has 0 aromatic carbocycles. The van der Waals surface area contributed by atoms with Gasteiger partial charge in [0, 0.05) is 18.3 Å². The second kappa shape index (κ2) is 5.26. The summed E-state index contributed by atoms with van der Waals surface area (Å²) in [5.41, 5.74) is 1.42. The maximum atomic E-state index is 11.8. The molecule has 0 aromatic rings. The Kier molecular flexibility index (Phi) is 3.62. The fourth-order valence-electron chi connectivity index (χ4n) is 5.78. The topological polar surface area (TPSA) is 70.1 Å². The number of allylic oxidation sites excluding steroid dienone is 2. The van der Waals surface area contributed by atoms with Gasteiger partial charge in [0.2, 0.25) is 0 Å². The van der Waals surface area contributed by atoms with E-state index in [4.69, 9.17) is 4.74 Å². The minimum atomic E-state index is -0.531. The van der Waals surface area contributed by atoms with E-state index in [0.717, 1.165) is 36.7 Å². The Hall–Kier alpha value is -0.970. The van der Waals surface area contributed by atoms with E-state index in [1.165, 1.54) is 0 Å². The Labute approximate surface area is 143 Å². The smallest absolute Gasteiger partial charge is 0.146 e. The highest BCUT2D eigenvalue weighted by Crippen LogP contribution is 2.65. The van der Waals surface area contributed by atoms with Crippen LogP contribution >= 0.6 is 0 Å². The molecule has 0 unspecified atom stereocenters. The van der Waals surface area contributed by atoms with Gasteiger partial charge in [-0.2, -0.15) is 0 Å². The summed E-state index contributed by atoms with van der Waals surface area (Å²) in [7, 11) is 0. The number of aliphatic hydroxyl groups excluding tert-OH is 2. The van der Waals surface area contributed by atoms with Gasteiger partial charge in [0.25, 0.3) is 0 Å². The minimum absolute atomic E-state index is 0.0270. The lowest BCUT2D eigenvalue weighted by Crippen LogP contribution is -2.50. The van der Waals surface area contributed by atoms with Crippen LogP contribution in [0.15, 0.2) is 23.3 Å². The van der Waals surface area contributed by atoms with E-state index < -0.39 is 6.10 Å². The van der Waals surface area contributed by atoms with Crippen LogP contribution in [0.2, 0.25) is 0 Å². The van der Waals surface area contributed by atoms with Gasteiger partial charge in [0.1, 0.15) is 11.9 Å². The van der Waals surface area contributed by atoms with Gasteiger partial charge in [-0.25, -0.2) is 0 Å². The molecule has 0 radical (unpaired) electrons. The number of rotatable bonds is 2. The van der Waals surface area contributed by atoms with Crippen molar-refractivity contribution in [1.82, 2.24) is 0 Å². The van der Waals surface area contributed by atoms with Gasteiger partial charge in [0.05, 0.1) is 18.3 Å². The Morgan fingerprint density at radius 1 is 1.38 bits per heavy atom. The van der Waals surface area contributed by atoms with Gasteiger partial charge in [0.15, 0.2) is 0 Å². The monoisotopic (exact) mass is 332 g/mol. The molecule has 4 aliphatic rings. The van der Waals surface area contributed by atoms with E-state index >= 15 is 0 Å². The van der Waals surface area contributed by atoms with Gasteiger partial charge in [-0.1, -0.05) is 24.6 Å². The first kappa shape index (κ1) is 16.5. The lowest BCUT2D eigenvalue weighted by Gasteiger charge is -2.43. The van der Waals surface area contributed by atoms with Crippen molar-refractivity contribution in [2.24, 2.45) is 23.2 Å². The van der Waals surface area contributed by atoms with Crippen LogP contribution in [0.25, 0.3) is 0 Å². The van der Waals surface area contributed by atoms with E-state index in [-0.39, 0.29) is 41.0 Å². The number of aldehydes is 1. The molecule has 4 rings (SSSR count). The van der Waals surface area contributed by atoms with E-state index in [1.54, 1.807) is 0 Å². The van der Waals surface area contributed by atoms with E-state index in [1.807, 2.05) is 19.9 Å². The van der Waals surface area contributed by atoms with Crippen LogP contribution in [0.3, 0.4) is 0 Å². The third kappa shape index (κ3) is 2.19. The van der Waals surface area contributed by atoms with Gasteiger partial charge < -0.3 is 14.9 Å². The summed E-state index contributed by atoms with van der Waals surface area (Å²) in [6.07, 6.45) is 7.27. The Morgan fingerprint density at radius 2 is 2.12 bits per heavy atom. The summed E-state index contributed by atoms with van der Waals surface area (Å²) in [5.74, 6) is -0.147. The summed E-state index contributed by atoms with van der Waals surface area (Å²) in [5, 5.41) is 21.7. The number of ether oxygens (including phenoxy) is 1. The zero-order valence-corrected chi connectivity index (χ0v) is 14.7.